The molecule has 31 heavy (non-hydrogen) atoms. The molecule has 0 spiro atoms. The van der Waals surface area contributed by atoms with Gasteiger partial charge < -0.3 is 5.73 Å². The Hall–Kier alpha value is -4.24. The smallest absolute Gasteiger partial charge is 0.116 e. The van der Waals surface area contributed by atoms with Gasteiger partial charge in [-0.05, 0) is 80.2 Å². The Labute approximate surface area is 179 Å². The molecule has 0 aromatic heterocycles. The van der Waals surface area contributed by atoms with Gasteiger partial charge in [-0.3, -0.25) is 0 Å². The molecule has 146 valence electrons. The minimum Gasteiger partial charge on any atom is -0.397 e. The predicted molar refractivity (Wildman–Crippen MR) is 131 cm³/mol. The van der Waals surface area contributed by atoms with Crippen molar-refractivity contribution in [1.82, 2.24) is 0 Å². The predicted octanol–water partition coefficient (Wildman–Crippen LogP) is 8.30. The lowest BCUT2D eigenvalue weighted by atomic mass is 10.0. The van der Waals surface area contributed by atoms with Crippen molar-refractivity contribution >= 4 is 60.2 Å². The molecule has 0 atom stereocenters. The summed E-state index contributed by atoms with van der Waals surface area (Å²) in [6, 6.07) is 35.5. The van der Waals surface area contributed by atoms with Crippen molar-refractivity contribution < 1.29 is 0 Å². The van der Waals surface area contributed by atoms with Crippen LogP contribution in [0, 0.1) is 0 Å². The second kappa shape index (κ2) is 6.92. The number of anilines is 1. The molecular formula is C28H19N3. The van der Waals surface area contributed by atoms with E-state index in [1.54, 1.807) is 0 Å². The van der Waals surface area contributed by atoms with Crippen molar-refractivity contribution in [3.8, 4) is 0 Å². The first kappa shape index (κ1) is 17.6. The number of benzene rings is 6. The number of fused-ring (bicyclic) bond motifs is 4. The van der Waals surface area contributed by atoms with E-state index in [2.05, 4.69) is 89.1 Å². The molecule has 0 aliphatic rings. The normalized spacial score (nSPS) is 11.9. The zero-order chi connectivity index (χ0) is 20.8. The van der Waals surface area contributed by atoms with Crippen LogP contribution < -0.4 is 5.73 Å². The van der Waals surface area contributed by atoms with Crippen LogP contribution in [0.15, 0.2) is 113 Å². The monoisotopic (exact) mass is 397 g/mol. The van der Waals surface area contributed by atoms with Crippen LogP contribution in [-0.2, 0) is 0 Å². The van der Waals surface area contributed by atoms with Gasteiger partial charge in [-0.25, -0.2) is 0 Å². The molecule has 0 amide bonds. The molecule has 6 rings (SSSR count). The highest BCUT2D eigenvalue weighted by molar-refractivity contribution is 6.06. The minimum absolute atomic E-state index is 0.623. The molecular weight excluding hydrogens is 378 g/mol. The third kappa shape index (κ3) is 3.08. The molecule has 0 aliphatic carbocycles. The number of hydrogen-bond acceptors (Lipinski definition) is 3. The molecule has 0 heterocycles. The van der Waals surface area contributed by atoms with Gasteiger partial charge in [-0.15, -0.1) is 5.11 Å². The maximum Gasteiger partial charge on any atom is 0.116 e. The molecule has 0 saturated heterocycles. The minimum atomic E-state index is 0.623. The van der Waals surface area contributed by atoms with Gasteiger partial charge in [0.2, 0.25) is 0 Å². The molecule has 0 saturated carbocycles. The summed E-state index contributed by atoms with van der Waals surface area (Å²) in [6.45, 7) is 0. The molecule has 3 nitrogen and oxygen atoms in total. The summed E-state index contributed by atoms with van der Waals surface area (Å²) in [5.41, 5.74) is 8.43. The number of rotatable bonds is 2. The summed E-state index contributed by atoms with van der Waals surface area (Å²) in [5, 5.41) is 18.4. The molecule has 6 aromatic rings. The number of nitrogen functional groups attached to an aromatic ring is 1. The zero-order valence-corrected chi connectivity index (χ0v) is 16.8. The first-order chi connectivity index (χ1) is 15.2. The van der Waals surface area contributed by atoms with Crippen LogP contribution >= 0.6 is 0 Å². The third-order valence-electron chi connectivity index (χ3n) is 5.84. The highest BCUT2D eigenvalue weighted by Crippen LogP contribution is 2.36. The van der Waals surface area contributed by atoms with Gasteiger partial charge in [0, 0.05) is 5.39 Å². The highest BCUT2D eigenvalue weighted by atomic mass is 15.1. The summed E-state index contributed by atoms with van der Waals surface area (Å²) in [4.78, 5) is 0. The number of azo groups is 1. The highest BCUT2D eigenvalue weighted by Gasteiger charge is 2.07. The van der Waals surface area contributed by atoms with Crippen molar-refractivity contribution in [1.29, 1.82) is 0 Å². The number of nitrogens with two attached hydrogens (primary N) is 1. The Morgan fingerprint density at radius 3 is 1.71 bits per heavy atom. The summed E-state index contributed by atoms with van der Waals surface area (Å²) in [7, 11) is 0. The Bertz CT molecular complexity index is 1650. The van der Waals surface area contributed by atoms with Crippen LogP contribution in [0.25, 0.3) is 43.1 Å². The second-order valence-corrected chi connectivity index (χ2v) is 7.85. The standard InChI is InChI=1S/C28H19N3/c29-27-12-10-23-14-19-6-3-4-8-21(19)17-26(23)28(27)31-30-25-11-9-22-13-18-5-1-2-7-20(18)15-24(22)16-25/h1-17H,29H2. The summed E-state index contributed by atoms with van der Waals surface area (Å²) in [5.74, 6) is 0. The van der Waals surface area contributed by atoms with Crippen LogP contribution in [0.4, 0.5) is 17.1 Å². The maximum absolute atomic E-state index is 6.29. The van der Waals surface area contributed by atoms with E-state index in [0.717, 1.165) is 27.2 Å². The number of nitrogens with zero attached hydrogens (tertiary/aromatic N) is 2. The van der Waals surface area contributed by atoms with E-state index in [1.165, 1.54) is 21.5 Å². The Kier molecular flexibility index (Phi) is 3.93. The summed E-state index contributed by atoms with van der Waals surface area (Å²) in [6.07, 6.45) is 0. The first-order valence-corrected chi connectivity index (χ1v) is 10.3. The SMILES string of the molecule is Nc1ccc2cc3ccccc3cc2c1N=Nc1ccc2cc3ccccc3cc2c1. The quantitative estimate of drug-likeness (QED) is 0.178. The summed E-state index contributed by atoms with van der Waals surface area (Å²) >= 11 is 0. The van der Waals surface area contributed by atoms with E-state index in [9.17, 15) is 0 Å². The van der Waals surface area contributed by atoms with Crippen LogP contribution in [-0.4, -0.2) is 0 Å². The van der Waals surface area contributed by atoms with Gasteiger partial charge in [0.15, 0.2) is 0 Å². The van der Waals surface area contributed by atoms with Gasteiger partial charge in [-0.1, -0.05) is 60.7 Å². The van der Waals surface area contributed by atoms with Gasteiger partial charge in [0.05, 0.1) is 11.4 Å². The largest absolute Gasteiger partial charge is 0.397 e. The molecule has 0 unspecified atom stereocenters. The van der Waals surface area contributed by atoms with E-state index in [1.807, 2.05) is 24.3 Å². The Morgan fingerprint density at radius 1 is 0.452 bits per heavy atom. The second-order valence-electron chi connectivity index (χ2n) is 7.85. The van der Waals surface area contributed by atoms with Gasteiger partial charge in [0.1, 0.15) is 5.69 Å². The van der Waals surface area contributed by atoms with Crippen molar-refractivity contribution in [2.45, 2.75) is 0 Å². The van der Waals surface area contributed by atoms with E-state index < -0.39 is 0 Å². The number of hydrogen-bond donors (Lipinski definition) is 1. The molecule has 0 radical (unpaired) electrons. The lowest BCUT2D eigenvalue weighted by Crippen LogP contribution is -1.86. The molecule has 6 aromatic carbocycles. The van der Waals surface area contributed by atoms with Crippen molar-refractivity contribution in [2.24, 2.45) is 10.2 Å². The first-order valence-electron chi connectivity index (χ1n) is 10.3. The fourth-order valence-corrected chi connectivity index (χ4v) is 4.22. The van der Waals surface area contributed by atoms with E-state index in [0.29, 0.717) is 11.4 Å². The molecule has 2 N–H and O–H groups in total. The van der Waals surface area contributed by atoms with Gasteiger partial charge >= 0.3 is 0 Å². The fraction of sp³-hybridized carbons (Fsp3) is 0. The van der Waals surface area contributed by atoms with E-state index >= 15 is 0 Å². The maximum atomic E-state index is 6.29. The fourth-order valence-electron chi connectivity index (χ4n) is 4.22. The van der Waals surface area contributed by atoms with Crippen LogP contribution in [0.2, 0.25) is 0 Å². The molecule has 3 heteroatoms. The zero-order valence-electron chi connectivity index (χ0n) is 16.8. The molecule has 0 fully saturated rings. The Morgan fingerprint density at radius 2 is 1.00 bits per heavy atom. The van der Waals surface area contributed by atoms with Crippen LogP contribution in [0.1, 0.15) is 0 Å². The lowest BCUT2D eigenvalue weighted by molar-refractivity contribution is 1.25. The average Bonchev–Trinajstić information content (AvgIpc) is 2.81. The van der Waals surface area contributed by atoms with Crippen LogP contribution in [0.3, 0.4) is 0 Å². The van der Waals surface area contributed by atoms with Crippen molar-refractivity contribution in [2.75, 3.05) is 5.73 Å². The van der Waals surface area contributed by atoms with Crippen molar-refractivity contribution in [3.05, 3.63) is 103 Å². The molecule has 0 aliphatic heterocycles. The average molecular weight is 397 g/mol. The van der Waals surface area contributed by atoms with Gasteiger partial charge in [0.25, 0.3) is 0 Å². The lowest BCUT2D eigenvalue weighted by Gasteiger charge is -2.07. The van der Waals surface area contributed by atoms with E-state index in [-0.39, 0.29) is 0 Å². The summed E-state index contributed by atoms with van der Waals surface area (Å²) < 4.78 is 0. The third-order valence-corrected chi connectivity index (χ3v) is 5.84. The Balaban J connectivity index is 1.47. The molecule has 0 bridgehead atoms. The van der Waals surface area contributed by atoms with E-state index in [4.69, 9.17) is 5.73 Å². The van der Waals surface area contributed by atoms with Crippen LogP contribution in [0.5, 0.6) is 0 Å². The van der Waals surface area contributed by atoms with Crippen molar-refractivity contribution in [3.63, 3.8) is 0 Å². The topological polar surface area (TPSA) is 50.7 Å². The van der Waals surface area contributed by atoms with Gasteiger partial charge in [-0.2, -0.15) is 5.11 Å².